The summed E-state index contributed by atoms with van der Waals surface area (Å²) in [6.45, 7) is 11.0. The van der Waals surface area contributed by atoms with Crippen molar-refractivity contribution in [2.75, 3.05) is 0 Å². The summed E-state index contributed by atoms with van der Waals surface area (Å²) in [6, 6.07) is 4.52. The maximum atomic E-state index is 10.1. The van der Waals surface area contributed by atoms with Gasteiger partial charge in [0.2, 0.25) is 0 Å². The van der Waals surface area contributed by atoms with Crippen molar-refractivity contribution in [1.29, 1.82) is 0 Å². The zero-order chi connectivity index (χ0) is 15.3. The highest BCUT2D eigenvalue weighted by Crippen LogP contribution is 2.27. The molecule has 0 amide bonds. The Hall–Kier alpha value is -1.26. The second-order valence-corrected chi connectivity index (χ2v) is 6.79. The Balaban J connectivity index is 2.84. The number of aliphatic hydroxyl groups is 1. The highest BCUT2D eigenvalue weighted by Gasteiger charge is 2.17. The van der Waals surface area contributed by atoms with E-state index in [1.165, 1.54) is 22.3 Å². The molecule has 0 spiro atoms. The van der Waals surface area contributed by atoms with E-state index >= 15 is 0 Å². The third-order valence-corrected chi connectivity index (χ3v) is 3.86. The van der Waals surface area contributed by atoms with Gasteiger partial charge in [-0.1, -0.05) is 32.9 Å². The van der Waals surface area contributed by atoms with E-state index in [1.54, 1.807) is 0 Å². The molecule has 1 atom stereocenters. The van der Waals surface area contributed by atoms with Gasteiger partial charge in [0, 0.05) is 6.42 Å². The van der Waals surface area contributed by atoms with Gasteiger partial charge in [0.25, 0.3) is 0 Å². The molecule has 1 aromatic carbocycles. The van der Waals surface area contributed by atoms with Gasteiger partial charge in [-0.3, -0.25) is 0 Å². The van der Waals surface area contributed by atoms with Crippen LogP contribution in [0.4, 0.5) is 0 Å². The van der Waals surface area contributed by atoms with Crippen molar-refractivity contribution >= 4 is 0 Å². The first-order chi connectivity index (χ1) is 9.25. The lowest BCUT2D eigenvalue weighted by Gasteiger charge is -2.23. The first-order valence-electron chi connectivity index (χ1n) is 7.48. The van der Waals surface area contributed by atoms with E-state index in [4.69, 9.17) is 6.42 Å². The van der Waals surface area contributed by atoms with Gasteiger partial charge in [-0.2, -0.15) is 0 Å². The minimum atomic E-state index is -0.291. The molecule has 0 radical (unpaired) electrons. The van der Waals surface area contributed by atoms with E-state index in [0.29, 0.717) is 0 Å². The zero-order valence-electron chi connectivity index (χ0n) is 13.6. The van der Waals surface area contributed by atoms with Crippen LogP contribution in [-0.2, 0) is 11.8 Å². The normalized spacial score (nSPS) is 13.1. The molecule has 0 fully saturated rings. The number of hydrogen-bond acceptors (Lipinski definition) is 1. The maximum absolute atomic E-state index is 10.1. The van der Waals surface area contributed by atoms with Crippen molar-refractivity contribution in [2.45, 2.75) is 71.8 Å². The van der Waals surface area contributed by atoms with E-state index in [-0.39, 0.29) is 11.5 Å². The van der Waals surface area contributed by atoms with Crippen LogP contribution in [0.3, 0.4) is 0 Å². The number of hydrogen-bond donors (Lipinski definition) is 1. The van der Waals surface area contributed by atoms with E-state index in [9.17, 15) is 5.11 Å². The number of aliphatic hydroxyl groups excluding tert-OH is 1. The molecule has 1 rings (SSSR count). The second-order valence-electron chi connectivity index (χ2n) is 6.79. The van der Waals surface area contributed by atoms with Crippen LogP contribution in [0.1, 0.15) is 62.3 Å². The van der Waals surface area contributed by atoms with Gasteiger partial charge in [0.1, 0.15) is 0 Å². The topological polar surface area (TPSA) is 20.2 Å². The number of rotatable bonds is 5. The monoisotopic (exact) mass is 272 g/mol. The summed E-state index contributed by atoms with van der Waals surface area (Å²) in [7, 11) is 0. The van der Waals surface area contributed by atoms with E-state index in [1.807, 2.05) is 0 Å². The van der Waals surface area contributed by atoms with Gasteiger partial charge in [-0.25, -0.2) is 0 Å². The average Bonchev–Trinajstić information content (AvgIpc) is 2.32. The molecule has 0 bridgehead atoms. The summed E-state index contributed by atoms with van der Waals surface area (Å²) >= 11 is 0. The largest absolute Gasteiger partial charge is 0.393 e. The van der Waals surface area contributed by atoms with E-state index < -0.39 is 0 Å². The predicted octanol–water partition coefficient (Wildman–Crippen LogP) is 4.31. The molecular formula is C19H28O. The number of terminal acetylenes is 1. The van der Waals surface area contributed by atoms with Crippen LogP contribution in [0.15, 0.2) is 12.1 Å². The predicted molar refractivity (Wildman–Crippen MR) is 87.0 cm³/mol. The zero-order valence-corrected chi connectivity index (χ0v) is 13.6. The van der Waals surface area contributed by atoms with Gasteiger partial charge in [0.05, 0.1) is 6.10 Å². The molecule has 0 saturated heterocycles. The molecule has 0 aliphatic heterocycles. The van der Waals surface area contributed by atoms with Crippen LogP contribution in [0.2, 0.25) is 0 Å². The van der Waals surface area contributed by atoms with Crippen molar-refractivity contribution < 1.29 is 5.11 Å². The van der Waals surface area contributed by atoms with Gasteiger partial charge in [0.15, 0.2) is 0 Å². The molecule has 0 heterocycles. The van der Waals surface area contributed by atoms with Crippen LogP contribution >= 0.6 is 0 Å². The molecule has 1 nitrogen and oxygen atoms in total. The average molecular weight is 272 g/mol. The highest BCUT2D eigenvalue weighted by molar-refractivity contribution is 5.40. The molecule has 0 saturated carbocycles. The first-order valence-corrected chi connectivity index (χ1v) is 7.48. The lowest BCUT2D eigenvalue weighted by atomic mass is 9.83. The third-order valence-electron chi connectivity index (χ3n) is 3.86. The molecule has 0 aromatic heterocycles. The Kier molecular flexibility index (Phi) is 5.84. The number of aryl methyl sites for hydroxylation is 2. The van der Waals surface area contributed by atoms with Crippen LogP contribution in [0.5, 0.6) is 0 Å². The smallest absolute Gasteiger partial charge is 0.0581 e. The summed E-state index contributed by atoms with van der Waals surface area (Å²) < 4.78 is 0. The van der Waals surface area contributed by atoms with E-state index in [0.717, 1.165) is 25.7 Å². The Bertz CT molecular complexity index is 462. The van der Waals surface area contributed by atoms with Crippen LogP contribution in [-0.4, -0.2) is 11.2 Å². The highest BCUT2D eigenvalue weighted by atomic mass is 16.3. The van der Waals surface area contributed by atoms with Crippen LogP contribution in [0.25, 0.3) is 0 Å². The third kappa shape index (κ3) is 4.69. The fourth-order valence-electron chi connectivity index (χ4n) is 2.53. The van der Waals surface area contributed by atoms with E-state index in [2.05, 4.69) is 52.7 Å². The molecule has 20 heavy (non-hydrogen) atoms. The van der Waals surface area contributed by atoms with Gasteiger partial charge in [-0.15, -0.1) is 12.3 Å². The van der Waals surface area contributed by atoms with Gasteiger partial charge in [-0.05, 0) is 60.8 Å². The minimum absolute atomic E-state index is 0.166. The lowest BCUT2D eigenvalue weighted by molar-refractivity contribution is 0.162. The number of benzene rings is 1. The summed E-state index contributed by atoms with van der Waals surface area (Å²) in [4.78, 5) is 0. The van der Waals surface area contributed by atoms with Crippen molar-refractivity contribution in [3.8, 4) is 12.3 Å². The summed E-state index contributed by atoms with van der Waals surface area (Å²) in [6.07, 6.45) is 8.11. The summed E-state index contributed by atoms with van der Waals surface area (Å²) in [5, 5.41) is 10.1. The molecule has 0 aliphatic carbocycles. The Labute approximate surface area is 124 Å². The van der Waals surface area contributed by atoms with Crippen molar-refractivity contribution in [1.82, 2.24) is 0 Å². The van der Waals surface area contributed by atoms with Gasteiger partial charge < -0.3 is 5.11 Å². The molecule has 110 valence electrons. The molecule has 1 N–H and O–H groups in total. The fraction of sp³-hybridized carbons (Fsp3) is 0.579. The lowest BCUT2D eigenvalue weighted by Crippen LogP contribution is -2.15. The van der Waals surface area contributed by atoms with Crippen molar-refractivity contribution in [3.05, 3.63) is 34.4 Å². The quantitative estimate of drug-likeness (QED) is 0.625. The number of unbranched alkanes of at least 4 members (excludes halogenated alkanes) is 1. The fourth-order valence-corrected chi connectivity index (χ4v) is 2.53. The van der Waals surface area contributed by atoms with Crippen molar-refractivity contribution in [3.63, 3.8) is 0 Å². The Morgan fingerprint density at radius 2 is 1.75 bits per heavy atom. The minimum Gasteiger partial charge on any atom is -0.393 e. The molecule has 0 aliphatic rings. The summed E-state index contributed by atoms with van der Waals surface area (Å²) in [5.41, 5.74) is 5.38. The second kappa shape index (κ2) is 6.95. The maximum Gasteiger partial charge on any atom is 0.0581 e. The Morgan fingerprint density at radius 1 is 1.20 bits per heavy atom. The van der Waals surface area contributed by atoms with Gasteiger partial charge >= 0.3 is 0 Å². The molecular weight excluding hydrogens is 244 g/mol. The first kappa shape index (κ1) is 16.8. The van der Waals surface area contributed by atoms with Crippen molar-refractivity contribution in [2.24, 2.45) is 0 Å². The summed E-state index contributed by atoms with van der Waals surface area (Å²) in [5.74, 6) is 2.62. The molecule has 1 unspecified atom stereocenters. The SMILES string of the molecule is C#CCCCC(O)Cc1c(C)cc(C(C)(C)C)cc1C. The molecule has 1 heteroatoms. The molecule has 1 aromatic rings. The van der Waals surface area contributed by atoms with Crippen LogP contribution < -0.4 is 0 Å². The Morgan fingerprint density at radius 3 is 2.20 bits per heavy atom. The van der Waals surface area contributed by atoms with Crippen LogP contribution in [0, 0.1) is 26.2 Å². The standard InChI is InChI=1S/C19H28O/c1-7-8-9-10-17(20)13-18-14(2)11-16(12-15(18)3)19(4,5)6/h1,11-12,17,20H,8-10,13H2,2-6H3.